The van der Waals surface area contributed by atoms with E-state index in [4.69, 9.17) is 5.11 Å². The third-order valence-corrected chi connectivity index (χ3v) is 3.39. The van der Waals surface area contributed by atoms with Gasteiger partial charge in [-0.25, -0.2) is 9.37 Å². The predicted octanol–water partition coefficient (Wildman–Crippen LogP) is 3.17. The third-order valence-electron chi connectivity index (χ3n) is 2.28. The van der Waals surface area contributed by atoms with E-state index in [1.807, 2.05) is 19.1 Å². The standard InChI is InChI=1S/C13H12FNOS/c1-9-5-10(8-16)7-15-13(9)17-12-4-2-3-11(14)6-12/h2-7,16H,8H2,1H3. The molecule has 0 unspecified atom stereocenters. The van der Waals surface area contributed by atoms with Crippen LogP contribution in [0.5, 0.6) is 0 Å². The molecule has 17 heavy (non-hydrogen) atoms. The van der Waals surface area contributed by atoms with Crippen molar-refractivity contribution in [3.05, 3.63) is 53.5 Å². The Bertz CT molecular complexity index is 531. The molecule has 0 spiro atoms. The zero-order valence-electron chi connectivity index (χ0n) is 9.35. The van der Waals surface area contributed by atoms with Crippen LogP contribution in [0.25, 0.3) is 0 Å². The fraction of sp³-hybridized carbons (Fsp3) is 0.154. The number of nitrogens with zero attached hydrogens (tertiary/aromatic N) is 1. The number of pyridine rings is 1. The van der Waals surface area contributed by atoms with Crippen molar-refractivity contribution in [3.63, 3.8) is 0 Å². The van der Waals surface area contributed by atoms with Crippen molar-refractivity contribution in [1.29, 1.82) is 0 Å². The summed E-state index contributed by atoms with van der Waals surface area (Å²) in [5.41, 5.74) is 1.76. The van der Waals surface area contributed by atoms with Gasteiger partial charge >= 0.3 is 0 Å². The number of aliphatic hydroxyl groups excluding tert-OH is 1. The van der Waals surface area contributed by atoms with Gasteiger partial charge in [0.05, 0.1) is 6.61 Å². The molecule has 0 saturated heterocycles. The fourth-order valence-corrected chi connectivity index (χ4v) is 2.32. The second kappa shape index (κ2) is 5.29. The Labute approximate surface area is 104 Å². The maximum absolute atomic E-state index is 13.0. The molecule has 2 aromatic rings. The molecule has 0 fully saturated rings. The monoisotopic (exact) mass is 249 g/mol. The minimum Gasteiger partial charge on any atom is -0.392 e. The van der Waals surface area contributed by atoms with E-state index in [0.29, 0.717) is 0 Å². The molecule has 0 aliphatic carbocycles. The average molecular weight is 249 g/mol. The second-order valence-corrected chi connectivity index (χ2v) is 4.75. The van der Waals surface area contributed by atoms with E-state index in [-0.39, 0.29) is 12.4 Å². The van der Waals surface area contributed by atoms with Gasteiger partial charge in [0.25, 0.3) is 0 Å². The molecule has 1 aromatic carbocycles. The summed E-state index contributed by atoms with van der Waals surface area (Å²) < 4.78 is 13.0. The minimum absolute atomic E-state index is 0.0151. The van der Waals surface area contributed by atoms with Gasteiger partial charge in [-0.1, -0.05) is 17.8 Å². The highest BCUT2D eigenvalue weighted by Gasteiger charge is 2.04. The zero-order valence-corrected chi connectivity index (χ0v) is 10.2. The Balaban J connectivity index is 2.24. The summed E-state index contributed by atoms with van der Waals surface area (Å²) in [7, 11) is 0. The van der Waals surface area contributed by atoms with Gasteiger partial charge in [0.2, 0.25) is 0 Å². The summed E-state index contributed by atoms with van der Waals surface area (Å²) in [5.74, 6) is -0.250. The topological polar surface area (TPSA) is 33.1 Å². The molecule has 1 aromatic heterocycles. The number of aryl methyl sites for hydroxylation is 1. The number of aliphatic hydroxyl groups is 1. The number of halogens is 1. The molecule has 1 heterocycles. The fourth-order valence-electron chi connectivity index (χ4n) is 1.46. The Morgan fingerprint density at radius 3 is 2.82 bits per heavy atom. The lowest BCUT2D eigenvalue weighted by Gasteiger charge is -2.06. The lowest BCUT2D eigenvalue weighted by atomic mass is 10.2. The number of rotatable bonds is 3. The predicted molar refractivity (Wildman–Crippen MR) is 65.4 cm³/mol. The third kappa shape index (κ3) is 3.05. The summed E-state index contributed by atoms with van der Waals surface area (Å²) >= 11 is 1.41. The van der Waals surface area contributed by atoms with Gasteiger partial charge in [-0.3, -0.25) is 0 Å². The molecular weight excluding hydrogens is 237 g/mol. The van der Waals surface area contributed by atoms with E-state index < -0.39 is 0 Å². The highest BCUT2D eigenvalue weighted by Crippen LogP contribution is 2.28. The molecule has 0 bridgehead atoms. The summed E-state index contributed by atoms with van der Waals surface area (Å²) in [5, 5.41) is 9.81. The van der Waals surface area contributed by atoms with Crippen LogP contribution in [0.3, 0.4) is 0 Å². The van der Waals surface area contributed by atoms with Crippen molar-refractivity contribution in [2.24, 2.45) is 0 Å². The van der Waals surface area contributed by atoms with Gasteiger partial charge in [-0.05, 0) is 42.3 Å². The van der Waals surface area contributed by atoms with E-state index in [9.17, 15) is 4.39 Å². The normalized spacial score (nSPS) is 10.5. The first kappa shape index (κ1) is 12.1. The van der Waals surface area contributed by atoms with Crippen LogP contribution in [-0.4, -0.2) is 10.1 Å². The molecular formula is C13H12FNOS. The molecule has 2 nitrogen and oxygen atoms in total. The van der Waals surface area contributed by atoms with E-state index in [2.05, 4.69) is 4.98 Å². The molecule has 0 aliphatic rings. The summed E-state index contributed by atoms with van der Waals surface area (Å²) in [6.07, 6.45) is 1.63. The maximum atomic E-state index is 13.0. The lowest BCUT2D eigenvalue weighted by molar-refractivity contribution is 0.281. The Morgan fingerprint density at radius 2 is 2.18 bits per heavy atom. The number of hydrogen-bond donors (Lipinski definition) is 1. The molecule has 2 rings (SSSR count). The first-order chi connectivity index (χ1) is 8.19. The van der Waals surface area contributed by atoms with Gasteiger partial charge < -0.3 is 5.11 Å². The van der Waals surface area contributed by atoms with Crippen molar-refractivity contribution in [1.82, 2.24) is 4.98 Å². The van der Waals surface area contributed by atoms with Crippen molar-refractivity contribution in [3.8, 4) is 0 Å². The van der Waals surface area contributed by atoms with Crippen LogP contribution in [0.15, 0.2) is 46.5 Å². The molecule has 0 amide bonds. The van der Waals surface area contributed by atoms with E-state index in [1.54, 1.807) is 12.3 Å². The second-order valence-electron chi connectivity index (χ2n) is 3.68. The van der Waals surface area contributed by atoms with Crippen LogP contribution in [0, 0.1) is 12.7 Å². The summed E-state index contributed by atoms with van der Waals surface area (Å²) in [6, 6.07) is 8.30. The zero-order chi connectivity index (χ0) is 12.3. The summed E-state index contributed by atoms with van der Waals surface area (Å²) in [6.45, 7) is 1.91. The Morgan fingerprint density at radius 1 is 1.35 bits per heavy atom. The smallest absolute Gasteiger partial charge is 0.124 e. The van der Waals surface area contributed by atoms with Crippen LogP contribution >= 0.6 is 11.8 Å². The van der Waals surface area contributed by atoms with Crippen LogP contribution in [0.1, 0.15) is 11.1 Å². The Hall–Kier alpha value is -1.39. The molecule has 0 radical (unpaired) electrons. The van der Waals surface area contributed by atoms with Crippen LogP contribution in [0.4, 0.5) is 4.39 Å². The van der Waals surface area contributed by atoms with Crippen LogP contribution in [-0.2, 0) is 6.61 Å². The van der Waals surface area contributed by atoms with Crippen LogP contribution in [0.2, 0.25) is 0 Å². The molecule has 1 N–H and O–H groups in total. The number of benzene rings is 1. The summed E-state index contributed by atoms with van der Waals surface area (Å²) in [4.78, 5) is 5.07. The van der Waals surface area contributed by atoms with Crippen molar-refractivity contribution in [2.75, 3.05) is 0 Å². The SMILES string of the molecule is Cc1cc(CO)cnc1Sc1cccc(F)c1. The van der Waals surface area contributed by atoms with E-state index in [1.165, 1.54) is 23.9 Å². The minimum atomic E-state index is -0.250. The highest BCUT2D eigenvalue weighted by molar-refractivity contribution is 7.99. The average Bonchev–Trinajstić information content (AvgIpc) is 2.32. The van der Waals surface area contributed by atoms with E-state index in [0.717, 1.165) is 21.0 Å². The number of hydrogen-bond acceptors (Lipinski definition) is 3. The van der Waals surface area contributed by atoms with Gasteiger partial charge in [-0.2, -0.15) is 0 Å². The van der Waals surface area contributed by atoms with E-state index >= 15 is 0 Å². The molecule has 0 aliphatic heterocycles. The van der Waals surface area contributed by atoms with Crippen LogP contribution < -0.4 is 0 Å². The molecule has 4 heteroatoms. The first-order valence-electron chi connectivity index (χ1n) is 5.19. The van der Waals surface area contributed by atoms with Gasteiger partial charge in [0, 0.05) is 11.1 Å². The first-order valence-corrected chi connectivity index (χ1v) is 6.00. The maximum Gasteiger partial charge on any atom is 0.124 e. The van der Waals surface area contributed by atoms with Crippen molar-refractivity contribution >= 4 is 11.8 Å². The highest BCUT2D eigenvalue weighted by atomic mass is 32.2. The Kier molecular flexibility index (Phi) is 3.76. The van der Waals surface area contributed by atoms with Gasteiger partial charge in [0.15, 0.2) is 0 Å². The molecule has 0 saturated carbocycles. The molecule has 0 atom stereocenters. The largest absolute Gasteiger partial charge is 0.392 e. The van der Waals surface area contributed by atoms with Crippen molar-refractivity contribution < 1.29 is 9.50 Å². The molecule has 88 valence electrons. The quantitative estimate of drug-likeness (QED) is 0.907. The van der Waals surface area contributed by atoms with Crippen molar-refractivity contribution in [2.45, 2.75) is 23.5 Å². The number of aromatic nitrogens is 1. The van der Waals surface area contributed by atoms with Gasteiger partial charge in [-0.15, -0.1) is 0 Å². The van der Waals surface area contributed by atoms with Gasteiger partial charge in [0.1, 0.15) is 10.8 Å². The lowest BCUT2D eigenvalue weighted by Crippen LogP contribution is -1.91.